The third-order valence-corrected chi connectivity index (χ3v) is 4.67. The molecule has 134 valence electrons. The molecule has 0 fully saturated rings. The van der Waals surface area contributed by atoms with Crippen molar-refractivity contribution in [2.75, 3.05) is 11.1 Å². The predicted octanol–water partition coefficient (Wildman–Crippen LogP) is 3.03. The largest absolute Gasteiger partial charge is 0.325 e. The summed E-state index contributed by atoms with van der Waals surface area (Å²) in [6, 6.07) is 5.98. The maximum atomic E-state index is 12.1. The third-order valence-electron chi connectivity index (χ3n) is 3.42. The quantitative estimate of drug-likeness (QED) is 0.403. The van der Waals surface area contributed by atoms with Gasteiger partial charge in [-0.2, -0.15) is 0 Å². The highest BCUT2D eigenvalue weighted by molar-refractivity contribution is 7.99. The Balaban J connectivity index is 1.70. The highest BCUT2D eigenvalue weighted by Crippen LogP contribution is 2.27. The Kier molecular flexibility index (Phi) is 5.05. The number of aryl methyl sites for hydroxylation is 2. The van der Waals surface area contributed by atoms with Gasteiger partial charge in [-0.25, -0.2) is 4.98 Å². The van der Waals surface area contributed by atoms with Crippen LogP contribution in [0.4, 0.5) is 11.4 Å². The summed E-state index contributed by atoms with van der Waals surface area (Å²) >= 11 is 6.95. The maximum Gasteiger partial charge on any atom is 0.289 e. The number of fused-ring (bicyclic) bond motifs is 1. The van der Waals surface area contributed by atoms with Crippen molar-refractivity contribution in [3.8, 4) is 0 Å². The Bertz CT molecular complexity index is 1020. The van der Waals surface area contributed by atoms with E-state index in [0.717, 1.165) is 11.4 Å². The van der Waals surface area contributed by atoms with E-state index in [0.29, 0.717) is 16.6 Å². The Labute approximate surface area is 156 Å². The van der Waals surface area contributed by atoms with Crippen LogP contribution in [0.15, 0.2) is 29.4 Å². The molecule has 3 rings (SSSR count). The molecule has 2 heterocycles. The lowest BCUT2D eigenvalue weighted by molar-refractivity contribution is -0.384. The van der Waals surface area contributed by atoms with E-state index in [9.17, 15) is 14.9 Å². The molecule has 0 bridgehead atoms. The van der Waals surface area contributed by atoms with E-state index in [2.05, 4.69) is 20.5 Å². The zero-order valence-electron chi connectivity index (χ0n) is 13.8. The average Bonchev–Trinajstić information content (AvgIpc) is 2.97. The topological polar surface area (TPSA) is 115 Å². The number of benzene rings is 1. The van der Waals surface area contributed by atoms with E-state index < -0.39 is 4.92 Å². The molecule has 1 aromatic carbocycles. The summed E-state index contributed by atoms with van der Waals surface area (Å²) in [5.74, 6) is 0.199. The molecule has 9 nitrogen and oxygen atoms in total. The van der Waals surface area contributed by atoms with Crippen molar-refractivity contribution in [3.05, 3.63) is 50.8 Å². The minimum atomic E-state index is -0.604. The Morgan fingerprint density at radius 1 is 1.35 bits per heavy atom. The fourth-order valence-corrected chi connectivity index (χ4v) is 3.32. The molecule has 0 saturated heterocycles. The number of thioether (sulfide) groups is 1. The average molecular weight is 393 g/mol. The number of carbonyl (C=O) groups is 1. The number of aromatic nitrogens is 4. The van der Waals surface area contributed by atoms with Gasteiger partial charge < -0.3 is 5.32 Å². The van der Waals surface area contributed by atoms with Crippen LogP contribution in [-0.2, 0) is 4.79 Å². The SMILES string of the molecule is Cc1cc(C)n2c(SCC(=O)Nc3ccc(Cl)c([N+](=O)[O-])c3)nnc2n1. The normalized spacial score (nSPS) is 10.9. The van der Waals surface area contributed by atoms with Crippen LogP contribution in [0.5, 0.6) is 0 Å². The molecule has 11 heteroatoms. The fourth-order valence-electron chi connectivity index (χ4n) is 2.35. The smallest absolute Gasteiger partial charge is 0.289 e. The summed E-state index contributed by atoms with van der Waals surface area (Å²) in [6.07, 6.45) is 0. The minimum Gasteiger partial charge on any atom is -0.325 e. The number of nitrogens with zero attached hydrogens (tertiary/aromatic N) is 5. The second-order valence-electron chi connectivity index (χ2n) is 5.42. The van der Waals surface area contributed by atoms with Crippen molar-refractivity contribution in [1.82, 2.24) is 19.6 Å². The van der Waals surface area contributed by atoms with Crippen LogP contribution in [0.25, 0.3) is 5.78 Å². The lowest BCUT2D eigenvalue weighted by Crippen LogP contribution is -2.14. The first-order chi connectivity index (χ1) is 12.3. The molecule has 0 atom stereocenters. The molecule has 1 N–H and O–H groups in total. The summed E-state index contributed by atoms with van der Waals surface area (Å²) in [6.45, 7) is 3.77. The Morgan fingerprint density at radius 2 is 2.12 bits per heavy atom. The van der Waals surface area contributed by atoms with Crippen molar-refractivity contribution >= 4 is 46.4 Å². The molecule has 3 aromatic rings. The minimum absolute atomic E-state index is 0.00979. The molecular weight excluding hydrogens is 380 g/mol. The second-order valence-corrected chi connectivity index (χ2v) is 6.77. The standard InChI is InChI=1S/C15H13ClN6O3S/c1-8-5-9(2)21-14(17-8)19-20-15(21)26-7-13(23)18-10-3-4-11(16)12(6-10)22(24)25/h3-6H,7H2,1-2H3,(H,18,23). The first kappa shape index (κ1) is 18.1. The Hall–Kier alpha value is -2.72. The predicted molar refractivity (Wildman–Crippen MR) is 97.7 cm³/mol. The zero-order valence-corrected chi connectivity index (χ0v) is 15.3. The molecule has 26 heavy (non-hydrogen) atoms. The van der Waals surface area contributed by atoms with E-state index in [1.807, 2.05) is 19.9 Å². The van der Waals surface area contributed by atoms with Gasteiger partial charge in [0.15, 0.2) is 5.16 Å². The Morgan fingerprint density at radius 3 is 2.85 bits per heavy atom. The van der Waals surface area contributed by atoms with Gasteiger partial charge in [-0.05, 0) is 32.0 Å². The van der Waals surface area contributed by atoms with Gasteiger partial charge in [0.05, 0.1) is 10.7 Å². The van der Waals surface area contributed by atoms with Crippen LogP contribution in [0.3, 0.4) is 0 Å². The number of nitro benzene ring substituents is 1. The van der Waals surface area contributed by atoms with Crippen LogP contribution < -0.4 is 5.32 Å². The molecule has 2 aromatic heterocycles. The van der Waals surface area contributed by atoms with Crippen LogP contribution in [0.2, 0.25) is 5.02 Å². The first-order valence-electron chi connectivity index (χ1n) is 7.41. The number of nitro groups is 1. The van der Waals surface area contributed by atoms with Gasteiger partial charge in [0.2, 0.25) is 5.91 Å². The van der Waals surface area contributed by atoms with Gasteiger partial charge in [-0.3, -0.25) is 19.3 Å². The lowest BCUT2D eigenvalue weighted by atomic mass is 10.3. The van der Waals surface area contributed by atoms with Gasteiger partial charge in [-0.15, -0.1) is 10.2 Å². The van der Waals surface area contributed by atoms with E-state index in [-0.39, 0.29) is 22.4 Å². The number of anilines is 1. The van der Waals surface area contributed by atoms with Crippen molar-refractivity contribution in [2.24, 2.45) is 0 Å². The molecule has 0 saturated carbocycles. The van der Waals surface area contributed by atoms with Crippen molar-refractivity contribution in [1.29, 1.82) is 0 Å². The van der Waals surface area contributed by atoms with E-state index in [1.165, 1.54) is 30.0 Å². The van der Waals surface area contributed by atoms with Crippen LogP contribution in [0.1, 0.15) is 11.4 Å². The molecule has 0 aliphatic carbocycles. The van der Waals surface area contributed by atoms with E-state index in [1.54, 1.807) is 4.40 Å². The highest BCUT2D eigenvalue weighted by Gasteiger charge is 2.15. The maximum absolute atomic E-state index is 12.1. The van der Waals surface area contributed by atoms with Gasteiger partial charge in [0.1, 0.15) is 5.02 Å². The highest BCUT2D eigenvalue weighted by atomic mass is 35.5. The van der Waals surface area contributed by atoms with Crippen molar-refractivity contribution < 1.29 is 9.72 Å². The third kappa shape index (κ3) is 3.75. The summed E-state index contributed by atoms with van der Waals surface area (Å²) in [5, 5.41) is 22.1. The molecule has 0 aliphatic heterocycles. The van der Waals surface area contributed by atoms with Gasteiger partial charge in [0.25, 0.3) is 11.5 Å². The van der Waals surface area contributed by atoms with E-state index >= 15 is 0 Å². The molecular formula is C15H13ClN6O3S. The monoisotopic (exact) mass is 392 g/mol. The van der Waals surface area contributed by atoms with Crippen LogP contribution in [-0.4, -0.2) is 36.2 Å². The molecule has 0 unspecified atom stereocenters. The van der Waals surface area contributed by atoms with Crippen molar-refractivity contribution in [2.45, 2.75) is 19.0 Å². The number of nitrogens with one attached hydrogen (secondary N) is 1. The number of carbonyl (C=O) groups excluding carboxylic acids is 1. The molecule has 0 radical (unpaired) electrons. The number of halogens is 1. The van der Waals surface area contributed by atoms with Crippen molar-refractivity contribution in [3.63, 3.8) is 0 Å². The summed E-state index contributed by atoms with van der Waals surface area (Å²) in [5.41, 5.74) is 1.78. The zero-order chi connectivity index (χ0) is 18.8. The number of hydrogen-bond donors (Lipinski definition) is 1. The summed E-state index contributed by atoms with van der Waals surface area (Å²) in [7, 11) is 0. The number of amides is 1. The lowest BCUT2D eigenvalue weighted by Gasteiger charge is -2.06. The van der Waals surface area contributed by atoms with Gasteiger partial charge >= 0.3 is 0 Å². The van der Waals surface area contributed by atoms with Gasteiger partial charge in [-0.1, -0.05) is 23.4 Å². The second kappa shape index (κ2) is 7.26. The summed E-state index contributed by atoms with van der Waals surface area (Å²) in [4.78, 5) is 26.7. The first-order valence-corrected chi connectivity index (χ1v) is 8.77. The number of hydrogen-bond acceptors (Lipinski definition) is 7. The van der Waals surface area contributed by atoms with Gasteiger partial charge in [0, 0.05) is 23.1 Å². The molecule has 0 aliphatic rings. The van der Waals surface area contributed by atoms with Crippen LogP contribution in [0, 0.1) is 24.0 Å². The van der Waals surface area contributed by atoms with E-state index in [4.69, 9.17) is 11.6 Å². The fraction of sp³-hybridized carbons (Fsp3) is 0.200. The summed E-state index contributed by atoms with van der Waals surface area (Å²) < 4.78 is 1.76. The van der Waals surface area contributed by atoms with Crippen LogP contribution >= 0.6 is 23.4 Å². The molecule has 1 amide bonds. The molecule has 0 spiro atoms. The number of rotatable bonds is 5.